The lowest BCUT2D eigenvalue weighted by Crippen LogP contribution is -2.31. The van der Waals surface area contributed by atoms with Crippen LogP contribution in [-0.4, -0.2) is 37.9 Å². The maximum atomic E-state index is 10.7. The number of carbonyl (C=O) groups is 1. The second-order valence-electron chi connectivity index (χ2n) is 5.19. The van der Waals surface area contributed by atoms with E-state index >= 15 is 0 Å². The van der Waals surface area contributed by atoms with Gasteiger partial charge >= 0.3 is 5.97 Å². The maximum absolute atomic E-state index is 10.7. The van der Waals surface area contributed by atoms with Crippen molar-refractivity contribution in [2.24, 2.45) is 5.92 Å². The zero-order chi connectivity index (χ0) is 14.4. The third-order valence-electron chi connectivity index (χ3n) is 3.54. The summed E-state index contributed by atoms with van der Waals surface area (Å²) in [5, 5.41) is 8.75. The molecule has 1 saturated heterocycles. The van der Waals surface area contributed by atoms with Crippen LogP contribution in [0.2, 0.25) is 0 Å². The van der Waals surface area contributed by atoms with Crippen LogP contribution in [0.25, 0.3) is 6.08 Å². The van der Waals surface area contributed by atoms with Crippen molar-refractivity contribution in [3.63, 3.8) is 0 Å². The normalized spacial score (nSPS) is 19.1. The SMILES string of the molecule is CN(CC1CCCOC1)c1ccccc1C=CC(=O)O. The van der Waals surface area contributed by atoms with E-state index in [4.69, 9.17) is 9.84 Å². The van der Waals surface area contributed by atoms with Crippen molar-refractivity contribution in [2.45, 2.75) is 12.8 Å². The van der Waals surface area contributed by atoms with E-state index in [1.807, 2.05) is 31.3 Å². The summed E-state index contributed by atoms with van der Waals surface area (Å²) in [4.78, 5) is 12.8. The van der Waals surface area contributed by atoms with Crippen molar-refractivity contribution in [1.82, 2.24) is 0 Å². The number of para-hydroxylation sites is 1. The second-order valence-corrected chi connectivity index (χ2v) is 5.19. The third kappa shape index (κ3) is 4.10. The molecule has 0 spiro atoms. The van der Waals surface area contributed by atoms with Gasteiger partial charge in [0.25, 0.3) is 0 Å². The zero-order valence-electron chi connectivity index (χ0n) is 11.8. The average molecular weight is 275 g/mol. The standard InChI is InChI=1S/C16H21NO3/c1-17(11-13-5-4-10-20-12-13)15-7-3-2-6-14(15)8-9-16(18)19/h2-3,6-9,13H,4-5,10-12H2,1H3,(H,18,19). The number of rotatable bonds is 5. The van der Waals surface area contributed by atoms with Gasteiger partial charge in [-0.15, -0.1) is 0 Å². The largest absolute Gasteiger partial charge is 0.478 e. The fourth-order valence-corrected chi connectivity index (χ4v) is 2.57. The van der Waals surface area contributed by atoms with Crippen LogP contribution in [0.5, 0.6) is 0 Å². The number of anilines is 1. The smallest absolute Gasteiger partial charge is 0.328 e. The number of carboxylic acid groups (broad SMARTS) is 1. The second kappa shape index (κ2) is 7.10. The highest BCUT2D eigenvalue weighted by atomic mass is 16.5. The van der Waals surface area contributed by atoms with Crippen LogP contribution in [0.4, 0.5) is 5.69 Å². The predicted octanol–water partition coefficient (Wildman–Crippen LogP) is 2.65. The highest BCUT2D eigenvalue weighted by Gasteiger charge is 2.17. The van der Waals surface area contributed by atoms with E-state index in [2.05, 4.69) is 4.90 Å². The molecule has 1 unspecified atom stereocenters. The Kier molecular flexibility index (Phi) is 5.18. The van der Waals surface area contributed by atoms with E-state index < -0.39 is 5.97 Å². The van der Waals surface area contributed by atoms with Crippen molar-refractivity contribution in [3.8, 4) is 0 Å². The van der Waals surface area contributed by atoms with Gasteiger partial charge in [-0.25, -0.2) is 4.79 Å². The Morgan fingerprint density at radius 3 is 3.00 bits per heavy atom. The lowest BCUT2D eigenvalue weighted by molar-refractivity contribution is -0.131. The third-order valence-corrected chi connectivity index (χ3v) is 3.54. The lowest BCUT2D eigenvalue weighted by atomic mass is 10.0. The number of ether oxygens (including phenoxy) is 1. The molecule has 0 saturated carbocycles. The molecule has 1 fully saturated rings. The lowest BCUT2D eigenvalue weighted by Gasteiger charge is -2.29. The molecule has 1 N–H and O–H groups in total. The molecule has 1 aliphatic heterocycles. The van der Waals surface area contributed by atoms with Gasteiger partial charge in [-0.05, 0) is 36.5 Å². The van der Waals surface area contributed by atoms with E-state index in [0.717, 1.165) is 37.4 Å². The van der Waals surface area contributed by atoms with Crippen LogP contribution < -0.4 is 4.90 Å². The van der Waals surface area contributed by atoms with Gasteiger partial charge in [0.1, 0.15) is 0 Å². The minimum absolute atomic E-state index is 0.547. The van der Waals surface area contributed by atoms with E-state index in [-0.39, 0.29) is 0 Å². The number of aliphatic carboxylic acids is 1. The van der Waals surface area contributed by atoms with Gasteiger partial charge < -0.3 is 14.7 Å². The van der Waals surface area contributed by atoms with Gasteiger partial charge in [0.05, 0.1) is 6.61 Å². The van der Waals surface area contributed by atoms with Gasteiger partial charge in [-0.1, -0.05) is 18.2 Å². The van der Waals surface area contributed by atoms with Gasteiger partial charge in [-0.2, -0.15) is 0 Å². The Morgan fingerprint density at radius 2 is 2.30 bits per heavy atom. The molecule has 0 amide bonds. The van der Waals surface area contributed by atoms with Crippen LogP contribution in [0.15, 0.2) is 30.3 Å². The minimum Gasteiger partial charge on any atom is -0.478 e. The summed E-state index contributed by atoms with van der Waals surface area (Å²) >= 11 is 0. The number of nitrogens with zero attached hydrogens (tertiary/aromatic N) is 1. The van der Waals surface area contributed by atoms with E-state index in [9.17, 15) is 4.79 Å². The number of hydrogen-bond acceptors (Lipinski definition) is 3. The summed E-state index contributed by atoms with van der Waals surface area (Å²) in [6, 6.07) is 7.84. The minimum atomic E-state index is -0.928. The summed E-state index contributed by atoms with van der Waals surface area (Å²) < 4.78 is 5.51. The molecule has 1 aromatic carbocycles. The summed E-state index contributed by atoms with van der Waals surface area (Å²) in [6.07, 6.45) is 5.14. The molecule has 0 aromatic heterocycles. The van der Waals surface area contributed by atoms with Crippen molar-refractivity contribution >= 4 is 17.7 Å². The first kappa shape index (κ1) is 14.6. The zero-order valence-corrected chi connectivity index (χ0v) is 11.8. The van der Waals surface area contributed by atoms with Crippen molar-refractivity contribution in [3.05, 3.63) is 35.9 Å². The Labute approximate surface area is 119 Å². The fourth-order valence-electron chi connectivity index (χ4n) is 2.57. The Bertz CT molecular complexity index is 478. The summed E-state index contributed by atoms with van der Waals surface area (Å²) in [7, 11) is 2.04. The Hall–Kier alpha value is -1.81. The molecule has 108 valence electrons. The van der Waals surface area contributed by atoms with Crippen LogP contribution in [0.1, 0.15) is 18.4 Å². The quantitative estimate of drug-likeness (QED) is 0.839. The van der Waals surface area contributed by atoms with Gasteiger partial charge in [-0.3, -0.25) is 0 Å². The van der Waals surface area contributed by atoms with Gasteiger partial charge in [0.2, 0.25) is 0 Å². The molecule has 1 aliphatic rings. The highest BCUT2D eigenvalue weighted by molar-refractivity contribution is 5.86. The summed E-state index contributed by atoms with van der Waals surface area (Å²) in [6.45, 7) is 2.62. The highest BCUT2D eigenvalue weighted by Crippen LogP contribution is 2.23. The van der Waals surface area contributed by atoms with Crippen LogP contribution in [0.3, 0.4) is 0 Å². The number of benzene rings is 1. The van der Waals surface area contributed by atoms with Crippen LogP contribution in [0, 0.1) is 5.92 Å². The molecule has 0 radical (unpaired) electrons. The summed E-state index contributed by atoms with van der Waals surface area (Å²) in [5.74, 6) is -0.381. The number of carboxylic acids is 1. The molecule has 0 aliphatic carbocycles. The van der Waals surface area contributed by atoms with E-state index in [0.29, 0.717) is 5.92 Å². The first-order chi connectivity index (χ1) is 9.66. The molecule has 4 heteroatoms. The molecule has 4 nitrogen and oxygen atoms in total. The van der Waals surface area contributed by atoms with Crippen molar-refractivity contribution in [2.75, 3.05) is 31.7 Å². The van der Waals surface area contributed by atoms with Crippen LogP contribution in [-0.2, 0) is 9.53 Å². The van der Waals surface area contributed by atoms with Crippen molar-refractivity contribution in [1.29, 1.82) is 0 Å². The molecule has 2 rings (SSSR count). The molecule has 1 heterocycles. The molecule has 1 atom stereocenters. The van der Waals surface area contributed by atoms with E-state index in [1.54, 1.807) is 6.08 Å². The Morgan fingerprint density at radius 1 is 1.50 bits per heavy atom. The molecule has 20 heavy (non-hydrogen) atoms. The van der Waals surface area contributed by atoms with Gasteiger partial charge in [0, 0.05) is 32.0 Å². The topological polar surface area (TPSA) is 49.8 Å². The first-order valence-electron chi connectivity index (χ1n) is 6.95. The monoisotopic (exact) mass is 275 g/mol. The molecular weight excluding hydrogens is 254 g/mol. The average Bonchev–Trinajstić information content (AvgIpc) is 2.46. The maximum Gasteiger partial charge on any atom is 0.328 e. The van der Waals surface area contributed by atoms with E-state index in [1.165, 1.54) is 12.5 Å². The summed E-state index contributed by atoms with van der Waals surface area (Å²) in [5.41, 5.74) is 1.98. The number of hydrogen-bond donors (Lipinski definition) is 1. The molecule has 0 bridgehead atoms. The molecule has 1 aromatic rings. The van der Waals surface area contributed by atoms with Gasteiger partial charge in [0.15, 0.2) is 0 Å². The predicted molar refractivity (Wildman–Crippen MR) is 79.9 cm³/mol. The molecular formula is C16H21NO3. The fraction of sp³-hybridized carbons (Fsp3) is 0.438. The van der Waals surface area contributed by atoms with Crippen LogP contribution >= 0.6 is 0 Å². The first-order valence-corrected chi connectivity index (χ1v) is 6.95. The van der Waals surface area contributed by atoms with Crippen molar-refractivity contribution < 1.29 is 14.6 Å². The Balaban J connectivity index is 2.08.